The Morgan fingerprint density at radius 2 is 2.29 bits per heavy atom. The molecule has 0 radical (unpaired) electrons. The zero-order valence-electron chi connectivity index (χ0n) is 10.1. The third-order valence-corrected chi connectivity index (χ3v) is 2.47. The molecule has 5 heteroatoms. The van der Waals surface area contributed by atoms with Gasteiger partial charge in [0.1, 0.15) is 5.75 Å². The lowest BCUT2D eigenvalue weighted by Gasteiger charge is -2.10. The molecule has 0 bridgehead atoms. The zero-order chi connectivity index (χ0) is 12.8. The van der Waals surface area contributed by atoms with Crippen molar-refractivity contribution < 1.29 is 14.6 Å². The van der Waals surface area contributed by atoms with Crippen LogP contribution in [0.5, 0.6) is 5.75 Å². The van der Waals surface area contributed by atoms with Crippen molar-refractivity contribution in [2.24, 2.45) is 0 Å². The highest BCUT2D eigenvalue weighted by molar-refractivity contribution is 5.95. The first-order chi connectivity index (χ1) is 8.08. The van der Waals surface area contributed by atoms with E-state index in [4.69, 9.17) is 10.5 Å². The maximum atomic E-state index is 11.7. The Bertz CT molecular complexity index is 393. The summed E-state index contributed by atoms with van der Waals surface area (Å²) in [5.74, 6) is 0.212. The minimum absolute atomic E-state index is 0.238. The van der Waals surface area contributed by atoms with E-state index in [0.717, 1.165) is 0 Å². The van der Waals surface area contributed by atoms with E-state index in [9.17, 15) is 9.90 Å². The molecule has 1 aromatic rings. The molecule has 0 aromatic heterocycles. The van der Waals surface area contributed by atoms with Crippen LogP contribution in [0.1, 0.15) is 23.7 Å². The fourth-order valence-corrected chi connectivity index (χ4v) is 1.31. The molecule has 0 saturated heterocycles. The second kappa shape index (κ2) is 6.10. The molecule has 1 rings (SSSR count). The lowest BCUT2D eigenvalue weighted by molar-refractivity contribution is 0.0913. The monoisotopic (exact) mass is 238 g/mol. The van der Waals surface area contributed by atoms with Crippen LogP contribution in [-0.2, 0) is 0 Å². The number of aliphatic hydroxyl groups excluding tert-OH is 1. The number of nitrogens with two attached hydrogens (primary N) is 1. The van der Waals surface area contributed by atoms with Crippen LogP contribution in [0.3, 0.4) is 0 Å². The number of nitrogen functional groups attached to an aromatic ring is 1. The van der Waals surface area contributed by atoms with Gasteiger partial charge in [0.25, 0.3) is 5.91 Å². The number of anilines is 1. The molecule has 1 atom stereocenters. The average molecular weight is 238 g/mol. The molecular weight excluding hydrogens is 220 g/mol. The number of methoxy groups -OCH3 is 1. The molecule has 0 aliphatic carbocycles. The summed E-state index contributed by atoms with van der Waals surface area (Å²) in [5, 5.41) is 12.0. The maximum Gasteiger partial charge on any atom is 0.251 e. The van der Waals surface area contributed by atoms with Gasteiger partial charge in [-0.25, -0.2) is 0 Å². The second-order valence-electron chi connectivity index (χ2n) is 3.73. The highest BCUT2D eigenvalue weighted by atomic mass is 16.5. The Kier molecular flexibility index (Phi) is 4.78. The van der Waals surface area contributed by atoms with Gasteiger partial charge in [-0.3, -0.25) is 4.79 Å². The standard InChI is InChI=1S/C12H18N2O3/c1-3-9(15)7-14-12(16)8-4-5-10(13)11(6-8)17-2/h4-6,9,15H,3,7,13H2,1-2H3,(H,14,16). The van der Waals surface area contributed by atoms with Crippen LogP contribution in [-0.4, -0.2) is 30.8 Å². The number of rotatable bonds is 5. The van der Waals surface area contributed by atoms with Crippen LogP contribution in [0.2, 0.25) is 0 Å². The SMILES string of the molecule is CCC(O)CNC(=O)c1ccc(N)c(OC)c1. The van der Waals surface area contributed by atoms with Gasteiger partial charge in [-0.1, -0.05) is 6.92 Å². The van der Waals surface area contributed by atoms with Crippen molar-refractivity contribution in [2.45, 2.75) is 19.4 Å². The third-order valence-electron chi connectivity index (χ3n) is 2.47. The number of carbonyl (C=O) groups excluding carboxylic acids is 1. The van der Waals surface area contributed by atoms with Crippen molar-refractivity contribution in [3.8, 4) is 5.75 Å². The van der Waals surface area contributed by atoms with Gasteiger partial charge in [0.05, 0.1) is 18.9 Å². The molecule has 94 valence electrons. The lowest BCUT2D eigenvalue weighted by atomic mass is 10.1. The molecule has 1 amide bonds. The number of carbonyl (C=O) groups is 1. The van der Waals surface area contributed by atoms with Crippen LogP contribution in [0, 0.1) is 0 Å². The first kappa shape index (κ1) is 13.3. The number of benzene rings is 1. The van der Waals surface area contributed by atoms with Gasteiger partial charge < -0.3 is 20.9 Å². The Balaban J connectivity index is 2.69. The quantitative estimate of drug-likeness (QED) is 0.662. The molecule has 0 heterocycles. The molecule has 4 N–H and O–H groups in total. The van der Waals surface area contributed by atoms with Crippen molar-refractivity contribution >= 4 is 11.6 Å². The van der Waals surface area contributed by atoms with E-state index < -0.39 is 6.10 Å². The van der Waals surface area contributed by atoms with Crippen LogP contribution in [0.4, 0.5) is 5.69 Å². The largest absolute Gasteiger partial charge is 0.495 e. The fourth-order valence-electron chi connectivity index (χ4n) is 1.31. The smallest absolute Gasteiger partial charge is 0.251 e. The first-order valence-corrected chi connectivity index (χ1v) is 5.48. The first-order valence-electron chi connectivity index (χ1n) is 5.48. The molecule has 5 nitrogen and oxygen atoms in total. The van der Waals surface area contributed by atoms with Gasteiger partial charge in [-0.2, -0.15) is 0 Å². The number of aliphatic hydroxyl groups is 1. The number of ether oxygens (including phenoxy) is 1. The second-order valence-corrected chi connectivity index (χ2v) is 3.73. The Morgan fingerprint density at radius 3 is 2.88 bits per heavy atom. The van der Waals surface area contributed by atoms with Crippen LogP contribution >= 0.6 is 0 Å². The number of nitrogens with one attached hydrogen (secondary N) is 1. The Labute approximate surface area is 101 Å². The number of hydrogen-bond donors (Lipinski definition) is 3. The minimum Gasteiger partial charge on any atom is -0.495 e. The summed E-state index contributed by atoms with van der Waals surface area (Å²) in [6.45, 7) is 2.09. The summed E-state index contributed by atoms with van der Waals surface area (Å²) in [5.41, 5.74) is 6.59. The van der Waals surface area contributed by atoms with Gasteiger partial charge in [-0.15, -0.1) is 0 Å². The summed E-state index contributed by atoms with van der Waals surface area (Å²) in [4.78, 5) is 11.7. The number of amides is 1. The lowest BCUT2D eigenvalue weighted by Crippen LogP contribution is -2.31. The topological polar surface area (TPSA) is 84.6 Å². The van der Waals surface area contributed by atoms with Crippen molar-refractivity contribution in [3.05, 3.63) is 23.8 Å². The Hall–Kier alpha value is -1.75. The van der Waals surface area contributed by atoms with E-state index in [1.54, 1.807) is 18.2 Å². The predicted octanol–water partition coefficient (Wildman–Crippen LogP) is 0.778. The summed E-state index contributed by atoms with van der Waals surface area (Å²) >= 11 is 0. The molecule has 17 heavy (non-hydrogen) atoms. The molecule has 0 aliphatic heterocycles. The van der Waals surface area contributed by atoms with E-state index >= 15 is 0 Å². The van der Waals surface area contributed by atoms with E-state index in [0.29, 0.717) is 23.4 Å². The normalized spacial score (nSPS) is 11.9. The third kappa shape index (κ3) is 3.64. The van der Waals surface area contributed by atoms with Crippen molar-refractivity contribution in [3.63, 3.8) is 0 Å². The number of hydrogen-bond acceptors (Lipinski definition) is 4. The van der Waals surface area contributed by atoms with Crippen molar-refractivity contribution in [1.29, 1.82) is 0 Å². The fraction of sp³-hybridized carbons (Fsp3) is 0.417. The van der Waals surface area contributed by atoms with Crippen LogP contribution < -0.4 is 15.8 Å². The van der Waals surface area contributed by atoms with E-state index in [1.165, 1.54) is 7.11 Å². The zero-order valence-corrected chi connectivity index (χ0v) is 10.1. The van der Waals surface area contributed by atoms with Gasteiger partial charge in [-0.05, 0) is 24.6 Å². The summed E-state index contributed by atoms with van der Waals surface area (Å²) < 4.78 is 5.03. The molecule has 0 spiro atoms. The molecule has 0 fully saturated rings. The van der Waals surface area contributed by atoms with E-state index in [1.807, 2.05) is 6.92 Å². The molecule has 0 saturated carbocycles. The predicted molar refractivity (Wildman–Crippen MR) is 66.0 cm³/mol. The highest BCUT2D eigenvalue weighted by Gasteiger charge is 2.10. The van der Waals surface area contributed by atoms with Gasteiger partial charge >= 0.3 is 0 Å². The maximum absolute atomic E-state index is 11.7. The molecule has 1 unspecified atom stereocenters. The Morgan fingerprint density at radius 1 is 1.59 bits per heavy atom. The van der Waals surface area contributed by atoms with E-state index in [2.05, 4.69) is 5.32 Å². The minimum atomic E-state index is -0.519. The summed E-state index contributed by atoms with van der Waals surface area (Å²) in [6, 6.07) is 4.80. The van der Waals surface area contributed by atoms with Crippen molar-refractivity contribution in [1.82, 2.24) is 5.32 Å². The average Bonchev–Trinajstić information content (AvgIpc) is 2.35. The molecule has 0 aliphatic rings. The van der Waals surface area contributed by atoms with E-state index in [-0.39, 0.29) is 12.5 Å². The van der Waals surface area contributed by atoms with Gasteiger partial charge in [0.15, 0.2) is 0 Å². The van der Waals surface area contributed by atoms with Crippen molar-refractivity contribution in [2.75, 3.05) is 19.4 Å². The van der Waals surface area contributed by atoms with Gasteiger partial charge in [0.2, 0.25) is 0 Å². The summed E-state index contributed by atoms with van der Waals surface area (Å²) in [6.07, 6.45) is 0.0837. The highest BCUT2D eigenvalue weighted by Crippen LogP contribution is 2.21. The van der Waals surface area contributed by atoms with Crippen LogP contribution in [0.15, 0.2) is 18.2 Å². The molecular formula is C12H18N2O3. The van der Waals surface area contributed by atoms with Gasteiger partial charge in [0, 0.05) is 12.1 Å². The van der Waals surface area contributed by atoms with Crippen LogP contribution in [0.25, 0.3) is 0 Å². The molecule has 1 aromatic carbocycles. The summed E-state index contributed by atoms with van der Waals surface area (Å²) in [7, 11) is 1.49.